The number of rotatable bonds is 12. The van der Waals surface area contributed by atoms with Crippen LogP contribution >= 0.6 is 0 Å². The van der Waals surface area contributed by atoms with Crippen molar-refractivity contribution >= 4 is 34.6 Å². The maximum atomic E-state index is 11.3. The van der Waals surface area contributed by atoms with E-state index in [4.69, 9.17) is 9.98 Å². The van der Waals surface area contributed by atoms with E-state index in [9.17, 15) is 10.2 Å². The molecule has 4 atom stereocenters. The number of aliphatic imine (C=N–C) groups is 2. The quantitative estimate of drug-likeness (QED) is 0.161. The summed E-state index contributed by atoms with van der Waals surface area (Å²) in [6.45, 7) is 17.5. The van der Waals surface area contributed by atoms with Crippen LogP contribution in [-0.4, -0.2) is 22.6 Å². The van der Waals surface area contributed by atoms with Gasteiger partial charge in [-0.05, 0) is 101 Å². The molecule has 232 valence electrons. The minimum Gasteiger partial charge on any atom is -0.507 e. The van der Waals surface area contributed by atoms with E-state index in [-0.39, 0.29) is 11.8 Å². The van der Waals surface area contributed by atoms with Crippen molar-refractivity contribution in [2.75, 3.05) is 0 Å². The molecule has 0 aliphatic heterocycles. The largest absolute Gasteiger partial charge is 0.507 e. The Kier molecular flexibility index (Phi) is 11.0. The molecule has 0 aliphatic carbocycles. The van der Waals surface area contributed by atoms with Crippen molar-refractivity contribution in [3.8, 4) is 11.5 Å². The molecule has 0 saturated carbocycles. The Morgan fingerprint density at radius 1 is 0.568 bits per heavy atom. The number of hydrogen-bond donors (Lipinski definition) is 2. The van der Waals surface area contributed by atoms with E-state index >= 15 is 0 Å². The highest BCUT2D eigenvalue weighted by Crippen LogP contribution is 2.38. The predicted octanol–water partition coefficient (Wildman–Crippen LogP) is 11.8. The molecule has 4 heteroatoms. The fraction of sp³-hybridized carbons (Fsp3) is 0.400. The Balaban J connectivity index is 1.82. The third kappa shape index (κ3) is 7.07. The molecule has 2 N–H and O–H groups in total. The molecule has 0 radical (unpaired) electrons. The van der Waals surface area contributed by atoms with E-state index < -0.39 is 0 Å². The molecular weight excluding hydrogens is 540 g/mol. The van der Waals surface area contributed by atoms with Crippen molar-refractivity contribution < 1.29 is 10.2 Å². The third-order valence-electron chi connectivity index (χ3n) is 9.58. The van der Waals surface area contributed by atoms with Crippen LogP contribution in [0.2, 0.25) is 0 Å². The third-order valence-corrected chi connectivity index (χ3v) is 9.58. The first-order valence-electron chi connectivity index (χ1n) is 16.5. The maximum absolute atomic E-state index is 11.3. The van der Waals surface area contributed by atoms with E-state index in [0.717, 1.165) is 70.1 Å². The number of nitrogens with zero attached hydrogens (tertiary/aromatic N) is 2. The molecule has 4 aromatic carbocycles. The molecule has 4 nitrogen and oxygen atoms in total. The molecule has 0 spiro atoms. The number of fused-ring (bicyclic) bond motifs is 1. The van der Waals surface area contributed by atoms with Crippen molar-refractivity contribution in [2.24, 2.45) is 9.98 Å². The van der Waals surface area contributed by atoms with Gasteiger partial charge < -0.3 is 10.2 Å². The van der Waals surface area contributed by atoms with E-state index in [2.05, 4.69) is 91.8 Å². The summed E-state index contributed by atoms with van der Waals surface area (Å²) in [6.07, 6.45) is 7.55. The monoisotopic (exact) mass is 590 g/mol. The van der Waals surface area contributed by atoms with Crippen molar-refractivity contribution in [1.29, 1.82) is 0 Å². The normalized spacial score (nSPS) is 14.8. The topological polar surface area (TPSA) is 65.2 Å². The van der Waals surface area contributed by atoms with E-state index in [1.807, 2.05) is 24.3 Å². The van der Waals surface area contributed by atoms with Gasteiger partial charge in [-0.3, -0.25) is 9.98 Å². The second-order valence-electron chi connectivity index (χ2n) is 12.5. The Labute approximate surface area is 264 Å². The van der Waals surface area contributed by atoms with Crippen LogP contribution in [0.25, 0.3) is 10.8 Å². The van der Waals surface area contributed by atoms with Gasteiger partial charge in [0.2, 0.25) is 0 Å². The second kappa shape index (κ2) is 14.7. The molecule has 4 rings (SSSR count). The highest BCUT2D eigenvalue weighted by atomic mass is 16.3. The summed E-state index contributed by atoms with van der Waals surface area (Å²) in [7, 11) is 0. The van der Waals surface area contributed by atoms with Crippen molar-refractivity contribution in [3.05, 3.63) is 94.0 Å². The molecule has 4 unspecified atom stereocenters. The highest BCUT2D eigenvalue weighted by molar-refractivity contribution is 6.04. The predicted molar refractivity (Wildman–Crippen MR) is 189 cm³/mol. The number of aromatic hydroxyl groups is 2. The fourth-order valence-corrected chi connectivity index (χ4v) is 5.63. The summed E-state index contributed by atoms with van der Waals surface area (Å²) in [5.41, 5.74) is 7.44. The Morgan fingerprint density at radius 2 is 0.955 bits per heavy atom. The lowest BCUT2D eigenvalue weighted by Gasteiger charge is -2.18. The SMILES string of the molecule is CCC(C)c1cc(C=Nc2cccc3cccc(N=Cc4cc(C(C)CC)cc(C(C)CC)c4O)c23)c(O)c(C(C)CC)c1. The lowest BCUT2D eigenvalue weighted by molar-refractivity contribution is 0.460. The molecule has 0 heterocycles. The first kappa shape index (κ1) is 33.0. The zero-order valence-electron chi connectivity index (χ0n) is 27.9. The lowest BCUT2D eigenvalue weighted by Crippen LogP contribution is -2.01. The van der Waals surface area contributed by atoms with Gasteiger partial charge in [-0.1, -0.05) is 91.8 Å². The Hall–Kier alpha value is -3.92. The van der Waals surface area contributed by atoms with Crippen LogP contribution < -0.4 is 0 Å². The second-order valence-corrected chi connectivity index (χ2v) is 12.5. The van der Waals surface area contributed by atoms with Crippen molar-refractivity contribution in [1.82, 2.24) is 0 Å². The average Bonchev–Trinajstić information content (AvgIpc) is 3.05. The zero-order valence-corrected chi connectivity index (χ0v) is 27.9. The molecule has 0 aliphatic rings. The summed E-state index contributed by atoms with van der Waals surface area (Å²) in [5, 5.41) is 24.5. The van der Waals surface area contributed by atoms with Gasteiger partial charge in [-0.2, -0.15) is 0 Å². The number of phenols is 2. The first-order chi connectivity index (χ1) is 21.1. The molecule has 0 fully saturated rings. The highest BCUT2D eigenvalue weighted by Gasteiger charge is 2.18. The van der Waals surface area contributed by atoms with Gasteiger partial charge in [-0.15, -0.1) is 0 Å². The minimum atomic E-state index is 0.251. The molecule has 0 saturated heterocycles. The van der Waals surface area contributed by atoms with Crippen LogP contribution in [0.3, 0.4) is 0 Å². The van der Waals surface area contributed by atoms with Gasteiger partial charge in [0, 0.05) is 28.9 Å². The number of phenolic OH excluding ortho intramolecular Hbond substituents is 2. The molecule has 0 amide bonds. The summed E-state index contributed by atoms with van der Waals surface area (Å²) >= 11 is 0. The Bertz CT molecular complexity index is 1530. The molecule has 4 aromatic rings. The molecule has 0 bridgehead atoms. The van der Waals surface area contributed by atoms with Gasteiger partial charge >= 0.3 is 0 Å². The van der Waals surface area contributed by atoms with Gasteiger partial charge in [0.15, 0.2) is 0 Å². The first-order valence-corrected chi connectivity index (χ1v) is 16.5. The standard InChI is InChI=1S/C40H50N2O2/c1-9-25(5)30-19-32(39(43)34(21-30)27(7)11-3)23-41-36-17-13-15-29-16-14-18-37(38(29)36)42-24-33-20-31(26(6)10-2)22-35(40(33)44)28(8)12-4/h13-28,43-44H,9-12H2,1-8H3. The Morgan fingerprint density at radius 3 is 1.32 bits per heavy atom. The zero-order chi connectivity index (χ0) is 32.0. The van der Waals surface area contributed by atoms with Gasteiger partial charge in [-0.25, -0.2) is 0 Å². The molecule has 44 heavy (non-hydrogen) atoms. The average molecular weight is 591 g/mol. The van der Waals surface area contributed by atoms with Crippen LogP contribution in [0, 0.1) is 0 Å². The van der Waals surface area contributed by atoms with E-state index in [0.29, 0.717) is 23.3 Å². The number of hydrogen-bond acceptors (Lipinski definition) is 4. The summed E-state index contributed by atoms with van der Waals surface area (Å²) < 4.78 is 0. The van der Waals surface area contributed by atoms with Crippen molar-refractivity contribution in [2.45, 2.75) is 105 Å². The van der Waals surface area contributed by atoms with Gasteiger partial charge in [0.05, 0.1) is 11.4 Å². The van der Waals surface area contributed by atoms with Crippen molar-refractivity contribution in [3.63, 3.8) is 0 Å². The molecular formula is C40H50N2O2. The van der Waals surface area contributed by atoms with Crippen LogP contribution in [0.15, 0.2) is 70.6 Å². The summed E-state index contributed by atoms with van der Waals surface area (Å²) in [6, 6.07) is 20.6. The lowest BCUT2D eigenvalue weighted by atomic mass is 9.89. The van der Waals surface area contributed by atoms with E-state index in [1.54, 1.807) is 12.4 Å². The summed E-state index contributed by atoms with van der Waals surface area (Å²) in [4.78, 5) is 9.88. The van der Waals surface area contributed by atoms with Gasteiger partial charge in [0.1, 0.15) is 11.5 Å². The fourth-order valence-electron chi connectivity index (χ4n) is 5.63. The summed E-state index contributed by atoms with van der Waals surface area (Å²) in [5.74, 6) is 1.89. The van der Waals surface area contributed by atoms with Crippen LogP contribution in [0.4, 0.5) is 11.4 Å². The smallest absolute Gasteiger partial charge is 0.127 e. The van der Waals surface area contributed by atoms with Crippen LogP contribution in [0.1, 0.15) is 138 Å². The van der Waals surface area contributed by atoms with Crippen LogP contribution in [0.5, 0.6) is 11.5 Å². The van der Waals surface area contributed by atoms with E-state index in [1.165, 1.54) is 11.1 Å². The van der Waals surface area contributed by atoms with Gasteiger partial charge in [0.25, 0.3) is 0 Å². The number of benzene rings is 4. The minimum absolute atomic E-state index is 0.251. The molecule has 0 aromatic heterocycles. The maximum Gasteiger partial charge on any atom is 0.127 e. The van der Waals surface area contributed by atoms with Crippen LogP contribution in [-0.2, 0) is 0 Å².